The van der Waals surface area contributed by atoms with Crippen molar-refractivity contribution in [1.29, 1.82) is 0 Å². The van der Waals surface area contributed by atoms with Crippen LogP contribution in [0.15, 0.2) is 92.5 Å². The molecule has 0 bridgehead atoms. The summed E-state index contributed by atoms with van der Waals surface area (Å²) < 4.78 is 2.05. The van der Waals surface area contributed by atoms with Gasteiger partial charge in [-0.05, 0) is 114 Å². The van der Waals surface area contributed by atoms with Crippen molar-refractivity contribution in [1.82, 2.24) is 9.97 Å². The first-order valence-corrected chi connectivity index (χ1v) is 32.5. The molecule has 0 aliphatic heterocycles. The van der Waals surface area contributed by atoms with Crippen LogP contribution in [0.25, 0.3) is 55.8 Å². The Kier molecular flexibility index (Phi) is 21.8. The monoisotopic (exact) mass is 1120 g/mol. The van der Waals surface area contributed by atoms with Crippen LogP contribution in [0, 0.1) is 0 Å². The van der Waals surface area contributed by atoms with Gasteiger partial charge in [0.05, 0.1) is 19.0 Å². The second kappa shape index (κ2) is 28.3. The van der Waals surface area contributed by atoms with Crippen molar-refractivity contribution in [2.45, 2.75) is 244 Å². The average Bonchev–Trinajstić information content (AvgIpc) is 3.97. The Hall–Kier alpha value is -3.12. The molecule has 2 aliphatic carbocycles. The molecule has 8 rings (SSSR count). The average molecular weight is 1130 g/mol. The van der Waals surface area contributed by atoms with E-state index >= 15 is 0 Å². The van der Waals surface area contributed by atoms with E-state index in [0.717, 1.165) is 30.0 Å². The number of benzene rings is 4. The molecule has 0 saturated heterocycles. The molecule has 4 aromatic carbocycles. The van der Waals surface area contributed by atoms with Crippen molar-refractivity contribution in [3.63, 3.8) is 0 Å². The van der Waals surface area contributed by atoms with Gasteiger partial charge in [-0.3, -0.25) is 0 Å². The molecule has 2 aliphatic rings. The third kappa shape index (κ3) is 13.2. The maximum absolute atomic E-state index is 5.66. The number of nitrogens with zero attached hydrogens (tertiary/aromatic N) is 2. The van der Waals surface area contributed by atoms with Crippen LogP contribution in [-0.2, 0) is 10.8 Å². The SMILES string of the molecule is CCCCCCCCCCCCCCCCCCCCC1(CCCCCCCC)c2ccccc2-c2ccc(-c3nc4c(Br)sc(Br)c4nc3-c3ccc4c(c3)C(CCCC)(CCCC)c3ccccc3-4)cc21. The van der Waals surface area contributed by atoms with Crippen molar-refractivity contribution in [3.05, 3.63) is 115 Å². The van der Waals surface area contributed by atoms with Gasteiger partial charge in [0.1, 0.15) is 11.0 Å². The molecule has 5 heteroatoms. The Morgan fingerprint density at radius 3 is 1.00 bits per heavy atom. The highest BCUT2D eigenvalue weighted by Gasteiger charge is 2.44. The first kappa shape index (κ1) is 56.1. The molecule has 1 atom stereocenters. The van der Waals surface area contributed by atoms with E-state index in [2.05, 4.69) is 144 Å². The summed E-state index contributed by atoms with van der Waals surface area (Å²) in [4.78, 5) is 11.3. The molecule has 0 radical (unpaired) electrons. The summed E-state index contributed by atoms with van der Waals surface area (Å²) in [6, 6.07) is 33.5. The van der Waals surface area contributed by atoms with Crippen LogP contribution in [0.1, 0.15) is 255 Å². The molecule has 2 nitrogen and oxygen atoms in total. The number of hydrogen-bond donors (Lipinski definition) is 0. The molecule has 2 heterocycles. The predicted molar refractivity (Wildman–Crippen MR) is 327 cm³/mol. The lowest BCUT2D eigenvalue weighted by molar-refractivity contribution is 0.397. The summed E-state index contributed by atoms with van der Waals surface area (Å²) in [7, 11) is 0. The molecule has 0 spiro atoms. The summed E-state index contributed by atoms with van der Waals surface area (Å²) in [6.07, 6.45) is 42.8. The highest BCUT2D eigenvalue weighted by atomic mass is 79.9. The number of fused-ring (bicyclic) bond motifs is 7. The summed E-state index contributed by atoms with van der Waals surface area (Å²) in [6.45, 7) is 9.34. The Bertz CT molecular complexity index is 2650. The van der Waals surface area contributed by atoms with Crippen LogP contribution < -0.4 is 0 Å². The van der Waals surface area contributed by atoms with Crippen LogP contribution in [0.4, 0.5) is 0 Å². The summed E-state index contributed by atoms with van der Waals surface area (Å²) in [5, 5.41) is 0. The molecule has 2 aromatic heterocycles. The first-order chi connectivity index (χ1) is 35.9. The number of unbranched alkanes of at least 4 members (excludes halogenated alkanes) is 24. The lowest BCUT2D eigenvalue weighted by Gasteiger charge is -2.33. The first-order valence-electron chi connectivity index (χ1n) is 30.1. The van der Waals surface area contributed by atoms with Gasteiger partial charge in [-0.25, -0.2) is 9.97 Å². The van der Waals surface area contributed by atoms with E-state index in [0.29, 0.717) is 0 Å². The fourth-order valence-corrected chi connectivity index (χ4v) is 16.1. The Morgan fingerprint density at radius 2 is 0.644 bits per heavy atom. The number of aromatic nitrogens is 2. The number of thiophene rings is 1. The number of rotatable bonds is 34. The van der Waals surface area contributed by atoms with E-state index in [1.807, 2.05) is 0 Å². The Labute approximate surface area is 464 Å². The predicted octanol–water partition coefficient (Wildman–Crippen LogP) is 23.6. The molecular formula is C68H90Br2N2S. The minimum atomic E-state index is -0.0110. The normalized spacial score (nSPS) is 15.3. The van der Waals surface area contributed by atoms with Gasteiger partial charge in [-0.2, -0.15) is 0 Å². The molecule has 6 aromatic rings. The highest BCUT2D eigenvalue weighted by molar-refractivity contribution is 9.12. The minimum absolute atomic E-state index is 0.000685. The molecule has 392 valence electrons. The molecule has 0 saturated carbocycles. The van der Waals surface area contributed by atoms with Crippen LogP contribution in [0.2, 0.25) is 0 Å². The van der Waals surface area contributed by atoms with E-state index in [-0.39, 0.29) is 10.8 Å². The molecular weight excluding hydrogens is 1040 g/mol. The molecule has 0 fully saturated rings. The van der Waals surface area contributed by atoms with Gasteiger partial charge in [-0.15, -0.1) is 11.3 Å². The van der Waals surface area contributed by atoms with Gasteiger partial charge in [-0.1, -0.05) is 280 Å². The Morgan fingerprint density at radius 1 is 0.342 bits per heavy atom. The lowest BCUT2D eigenvalue weighted by atomic mass is 9.70. The van der Waals surface area contributed by atoms with E-state index < -0.39 is 0 Å². The molecule has 1 unspecified atom stereocenters. The van der Waals surface area contributed by atoms with Crippen molar-refractivity contribution in [2.24, 2.45) is 0 Å². The van der Waals surface area contributed by atoms with Crippen molar-refractivity contribution < 1.29 is 0 Å². The maximum Gasteiger partial charge on any atom is 0.116 e. The lowest BCUT2D eigenvalue weighted by Crippen LogP contribution is -2.25. The van der Waals surface area contributed by atoms with Crippen molar-refractivity contribution in [3.8, 4) is 44.8 Å². The van der Waals surface area contributed by atoms with Crippen LogP contribution >= 0.6 is 43.2 Å². The molecule has 0 N–H and O–H groups in total. The van der Waals surface area contributed by atoms with Crippen LogP contribution in [0.3, 0.4) is 0 Å². The van der Waals surface area contributed by atoms with Crippen molar-refractivity contribution in [2.75, 3.05) is 0 Å². The minimum Gasteiger partial charge on any atom is -0.242 e. The third-order valence-corrected chi connectivity index (χ3v) is 19.8. The van der Waals surface area contributed by atoms with Gasteiger partial charge >= 0.3 is 0 Å². The van der Waals surface area contributed by atoms with E-state index in [4.69, 9.17) is 9.97 Å². The van der Waals surface area contributed by atoms with E-state index in [9.17, 15) is 0 Å². The Balaban J connectivity index is 1.06. The van der Waals surface area contributed by atoms with Gasteiger partial charge in [0.2, 0.25) is 0 Å². The van der Waals surface area contributed by atoms with Crippen LogP contribution in [0.5, 0.6) is 0 Å². The summed E-state index contributed by atoms with van der Waals surface area (Å²) >= 11 is 9.53. The van der Waals surface area contributed by atoms with Crippen LogP contribution in [-0.4, -0.2) is 9.97 Å². The second-order valence-corrected chi connectivity index (χ2v) is 26.2. The number of halogens is 2. The fourth-order valence-electron chi connectivity index (χ4n) is 13.3. The van der Waals surface area contributed by atoms with Gasteiger partial charge in [0.15, 0.2) is 0 Å². The largest absolute Gasteiger partial charge is 0.242 e. The smallest absolute Gasteiger partial charge is 0.116 e. The number of hydrogen-bond acceptors (Lipinski definition) is 3. The molecule has 73 heavy (non-hydrogen) atoms. The zero-order chi connectivity index (χ0) is 50.9. The van der Waals surface area contributed by atoms with E-state index in [1.165, 1.54) is 256 Å². The van der Waals surface area contributed by atoms with Crippen molar-refractivity contribution >= 4 is 54.2 Å². The third-order valence-electron chi connectivity index (χ3n) is 17.4. The summed E-state index contributed by atoms with van der Waals surface area (Å²) in [5.74, 6) is 0. The van der Waals surface area contributed by atoms with E-state index in [1.54, 1.807) is 16.9 Å². The van der Waals surface area contributed by atoms with Gasteiger partial charge < -0.3 is 0 Å². The summed E-state index contributed by atoms with van der Waals surface area (Å²) in [5.41, 5.74) is 17.9. The quantitative estimate of drug-likeness (QED) is 0.0376. The topological polar surface area (TPSA) is 25.8 Å². The maximum atomic E-state index is 5.66. The van der Waals surface area contributed by atoms with Gasteiger partial charge in [0.25, 0.3) is 0 Å². The second-order valence-electron chi connectivity index (χ2n) is 22.5. The van der Waals surface area contributed by atoms with Gasteiger partial charge in [0, 0.05) is 22.0 Å². The zero-order valence-corrected chi connectivity index (χ0v) is 49.8. The fraction of sp³-hybridized carbons (Fsp3) is 0.559. The standard InChI is InChI=1S/C68H90Br2N2S/c1-5-9-13-15-17-18-19-20-21-22-23-24-25-26-27-28-30-36-48-68(47-35-29-16-14-10-6-2)58-40-34-32-38-54(58)56-44-42-52(50-60(56)68)62-61(71-63-64(72-62)66(70)73-65(63)69)51-41-43-55-53-37-31-33-39-57(53)67(45-11-7-3,46-12-8-4)59(55)49-51/h31-34,37-44,49-50H,5-30,35-36,45-48H2,1-4H3. The highest BCUT2D eigenvalue weighted by Crippen LogP contribution is 2.57. The molecule has 0 amide bonds. The zero-order valence-electron chi connectivity index (χ0n) is 45.8.